The molecular weight excluding hydrogens is 382 g/mol. The lowest BCUT2D eigenvalue weighted by Gasteiger charge is -2.20. The monoisotopic (exact) mass is 413 g/mol. The fraction of sp³-hybridized carbons (Fsp3) is 0.458. The Morgan fingerprint density at radius 2 is 1.80 bits per heavy atom. The minimum atomic E-state index is -0.827. The molecule has 1 aliphatic carbocycles. The summed E-state index contributed by atoms with van der Waals surface area (Å²) in [6, 6.07) is 8.59. The van der Waals surface area contributed by atoms with Crippen LogP contribution in [0.4, 0.5) is 0 Å². The standard InChI is InChI=1S/C24H31NO5/c1-24(2,3)30-22(27)15-14-21(26)25-20(16-18-10-6-4-7-11-18)23(28)29-17-19-12-8-5-9-13-19/h4,6-8,10-13,20H,5,9,14-17H2,1-3H3,(H,25,26)/t20-/m0/s1. The number of hydrogen-bond donors (Lipinski definition) is 1. The maximum absolute atomic E-state index is 12.7. The van der Waals surface area contributed by atoms with Crippen LogP contribution in [0.5, 0.6) is 0 Å². The van der Waals surface area contributed by atoms with Crippen molar-refractivity contribution in [2.45, 2.75) is 64.5 Å². The number of carbonyl (C=O) groups is 3. The van der Waals surface area contributed by atoms with Gasteiger partial charge in [0.05, 0.1) is 6.42 Å². The molecule has 1 aromatic rings. The number of carbonyl (C=O) groups excluding carboxylic acids is 3. The topological polar surface area (TPSA) is 81.7 Å². The maximum atomic E-state index is 12.7. The van der Waals surface area contributed by atoms with Crippen molar-refractivity contribution in [3.05, 3.63) is 59.7 Å². The van der Waals surface area contributed by atoms with Crippen molar-refractivity contribution >= 4 is 17.8 Å². The second kappa shape index (κ2) is 11.3. The molecule has 0 unspecified atom stereocenters. The van der Waals surface area contributed by atoms with Gasteiger partial charge in [0, 0.05) is 12.8 Å². The van der Waals surface area contributed by atoms with E-state index in [0.717, 1.165) is 24.0 Å². The molecular formula is C24H31NO5. The Bertz CT molecular complexity index is 790. The highest BCUT2D eigenvalue weighted by Gasteiger charge is 2.24. The van der Waals surface area contributed by atoms with E-state index in [4.69, 9.17) is 9.47 Å². The van der Waals surface area contributed by atoms with Gasteiger partial charge < -0.3 is 14.8 Å². The summed E-state index contributed by atoms with van der Waals surface area (Å²) in [6.07, 6.45) is 8.16. The first-order chi connectivity index (χ1) is 14.2. The van der Waals surface area contributed by atoms with Gasteiger partial charge in [0.2, 0.25) is 5.91 Å². The Morgan fingerprint density at radius 3 is 2.43 bits per heavy atom. The summed E-state index contributed by atoms with van der Waals surface area (Å²) in [5.41, 5.74) is 1.25. The van der Waals surface area contributed by atoms with Gasteiger partial charge in [-0.15, -0.1) is 0 Å². The van der Waals surface area contributed by atoms with Crippen LogP contribution in [-0.2, 0) is 30.3 Å². The average molecular weight is 414 g/mol. The Balaban J connectivity index is 1.93. The van der Waals surface area contributed by atoms with E-state index >= 15 is 0 Å². The Kier molecular flexibility index (Phi) is 8.84. The van der Waals surface area contributed by atoms with Gasteiger partial charge in [0.1, 0.15) is 18.2 Å². The molecule has 2 rings (SSSR count). The third kappa shape index (κ3) is 9.07. The van der Waals surface area contributed by atoms with E-state index in [0.29, 0.717) is 6.42 Å². The smallest absolute Gasteiger partial charge is 0.329 e. The maximum Gasteiger partial charge on any atom is 0.329 e. The fourth-order valence-electron chi connectivity index (χ4n) is 2.95. The van der Waals surface area contributed by atoms with Crippen LogP contribution in [0.3, 0.4) is 0 Å². The highest BCUT2D eigenvalue weighted by molar-refractivity contribution is 5.86. The Hall–Kier alpha value is -2.89. The van der Waals surface area contributed by atoms with Gasteiger partial charge in [0.15, 0.2) is 0 Å². The molecule has 0 aliphatic heterocycles. The largest absolute Gasteiger partial charge is 0.460 e. The van der Waals surface area contributed by atoms with E-state index in [2.05, 4.69) is 5.32 Å². The first kappa shape index (κ1) is 23.4. The number of nitrogens with one attached hydrogen (secondary N) is 1. The molecule has 0 aromatic heterocycles. The van der Waals surface area contributed by atoms with Crippen LogP contribution in [0, 0.1) is 0 Å². The molecule has 1 atom stereocenters. The van der Waals surface area contributed by atoms with Crippen LogP contribution < -0.4 is 5.32 Å². The molecule has 0 saturated carbocycles. The lowest BCUT2D eigenvalue weighted by molar-refractivity contribution is -0.155. The van der Waals surface area contributed by atoms with E-state index < -0.39 is 29.5 Å². The van der Waals surface area contributed by atoms with Crippen LogP contribution >= 0.6 is 0 Å². The van der Waals surface area contributed by atoms with Crippen molar-refractivity contribution < 1.29 is 23.9 Å². The van der Waals surface area contributed by atoms with Gasteiger partial charge in [-0.2, -0.15) is 0 Å². The molecule has 1 N–H and O–H groups in total. The molecule has 0 radical (unpaired) electrons. The predicted octanol–water partition coefficient (Wildman–Crippen LogP) is 3.66. The summed E-state index contributed by atoms with van der Waals surface area (Å²) in [6.45, 7) is 5.49. The number of rotatable bonds is 9. The third-order valence-corrected chi connectivity index (χ3v) is 4.33. The van der Waals surface area contributed by atoms with Gasteiger partial charge in [0.25, 0.3) is 0 Å². The molecule has 6 heteroatoms. The molecule has 0 bridgehead atoms. The minimum absolute atomic E-state index is 0.0477. The zero-order chi connectivity index (χ0) is 22.0. The summed E-state index contributed by atoms with van der Waals surface area (Å²) in [5, 5.41) is 2.71. The minimum Gasteiger partial charge on any atom is -0.460 e. The van der Waals surface area contributed by atoms with Crippen LogP contribution in [0.1, 0.15) is 52.0 Å². The van der Waals surface area contributed by atoms with E-state index in [1.165, 1.54) is 0 Å². The molecule has 0 fully saturated rings. The highest BCUT2D eigenvalue weighted by atomic mass is 16.6. The first-order valence-electron chi connectivity index (χ1n) is 10.3. The zero-order valence-corrected chi connectivity index (χ0v) is 18.0. The van der Waals surface area contributed by atoms with E-state index in [1.807, 2.05) is 48.6 Å². The van der Waals surface area contributed by atoms with Crippen LogP contribution in [-0.4, -0.2) is 36.1 Å². The lowest BCUT2D eigenvalue weighted by Crippen LogP contribution is -2.43. The molecule has 1 aromatic carbocycles. The molecule has 1 amide bonds. The number of esters is 2. The van der Waals surface area contributed by atoms with Crippen LogP contribution in [0.15, 0.2) is 54.1 Å². The number of allylic oxidation sites excluding steroid dienone is 2. The number of amides is 1. The zero-order valence-electron chi connectivity index (χ0n) is 18.0. The Morgan fingerprint density at radius 1 is 1.07 bits per heavy atom. The van der Waals surface area contributed by atoms with Crippen molar-refractivity contribution in [2.24, 2.45) is 0 Å². The second-order valence-corrected chi connectivity index (χ2v) is 8.26. The summed E-state index contributed by atoms with van der Waals surface area (Å²) < 4.78 is 10.7. The van der Waals surface area contributed by atoms with Gasteiger partial charge in [-0.25, -0.2) is 4.79 Å². The first-order valence-corrected chi connectivity index (χ1v) is 10.3. The van der Waals surface area contributed by atoms with Crippen molar-refractivity contribution in [1.82, 2.24) is 5.32 Å². The van der Waals surface area contributed by atoms with Gasteiger partial charge in [-0.1, -0.05) is 48.6 Å². The van der Waals surface area contributed by atoms with Crippen molar-refractivity contribution in [3.63, 3.8) is 0 Å². The summed E-state index contributed by atoms with van der Waals surface area (Å²) >= 11 is 0. The average Bonchev–Trinajstić information content (AvgIpc) is 2.70. The normalized spacial score (nSPS) is 14.4. The van der Waals surface area contributed by atoms with Gasteiger partial charge >= 0.3 is 11.9 Å². The van der Waals surface area contributed by atoms with Gasteiger partial charge in [-0.3, -0.25) is 9.59 Å². The quantitative estimate of drug-likeness (QED) is 0.625. The SMILES string of the molecule is CC(C)(C)OC(=O)CCC(=O)N[C@@H](Cc1ccccc1)C(=O)OCC1=CCCC=C1. The van der Waals surface area contributed by atoms with Crippen molar-refractivity contribution in [1.29, 1.82) is 0 Å². The molecule has 30 heavy (non-hydrogen) atoms. The molecule has 0 saturated heterocycles. The Labute approximate surface area is 178 Å². The van der Waals surface area contributed by atoms with E-state index in [9.17, 15) is 14.4 Å². The highest BCUT2D eigenvalue weighted by Crippen LogP contribution is 2.12. The van der Waals surface area contributed by atoms with Crippen molar-refractivity contribution in [3.8, 4) is 0 Å². The van der Waals surface area contributed by atoms with E-state index in [-0.39, 0.29) is 19.4 Å². The second-order valence-electron chi connectivity index (χ2n) is 8.26. The molecule has 1 aliphatic rings. The number of benzene rings is 1. The molecule has 0 spiro atoms. The lowest BCUT2D eigenvalue weighted by atomic mass is 10.1. The molecule has 6 nitrogen and oxygen atoms in total. The summed E-state index contributed by atoms with van der Waals surface area (Å²) in [4.78, 5) is 36.9. The summed E-state index contributed by atoms with van der Waals surface area (Å²) in [7, 11) is 0. The third-order valence-electron chi connectivity index (χ3n) is 4.33. The van der Waals surface area contributed by atoms with E-state index in [1.54, 1.807) is 20.8 Å². The molecule has 162 valence electrons. The molecule has 0 heterocycles. The van der Waals surface area contributed by atoms with Crippen LogP contribution in [0.2, 0.25) is 0 Å². The van der Waals surface area contributed by atoms with Gasteiger partial charge in [-0.05, 0) is 44.7 Å². The van der Waals surface area contributed by atoms with Crippen molar-refractivity contribution in [2.75, 3.05) is 6.61 Å². The number of hydrogen-bond acceptors (Lipinski definition) is 5. The predicted molar refractivity (Wildman–Crippen MR) is 115 cm³/mol. The summed E-state index contributed by atoms with van der Waals surface area (Å²) in [5.74, 6) is -1.34. The number of ether oxygens (including phenoxy) is 2. The van der Waals surface area contributed by atoms with Crippen LogP contribution in [0.25, 0.3) is 0 Å². The fourth-order valence-corrected chi connectivity index (χ4v) is 2.95.